The number of Topliss-reactive ketones (excluding diaryl/α,β-unsaturated/α-hetero) is 1. The van der Waals surface area contributed by atoms with Gasteiger partial charge in [0.2, 0.25) is 12.7 Å². The van der Waals surface area contributed by atoms with Crippen molar-refractivity contribution in [3.8, 4) is 11.5 Å². The molecule has 3 aromatic rings. The van der Waals surface area contributed by atoms with Gasteiger partial charge in [-0.25, -0.2) is 8.78 Å². The summed E-state index contributed by atoms with van der Waals surface area (Å²) in [5, 5.41) is 6.35. The van der Waals surface area contributed by atoms with Crippen molar-refractivity contribution >= 4 is 23.1 Å². The number of ether oxygens (including phenoxy) is 2. The molecule has 1 aliphatic carbocycles. The van der Waals surface area contributed by atoms with E-state index in [4.69, 9.17) is 9.47 Å². The molecule has 1 unspecified atom stereocenters. The third kappa shape index (κ3) is 4.87. The van der Waals surface area contributed by atoms with Crippen LogP contribution in [0.5, 0.6) is 11.5 Å². The van der Waals surface area contributed by atoms with Crippen molar-refractivity contribution in [2.45, 2.75) is 39.3 Å². The van der Waals surface area contributed by atoms with E-state index in [9.17, 15) is 14.0 Å². The summed E-state index contributed by atoms with van der Waals surface area (Å²) in [7, 11) is 0. The van der Waals surface area contributed by atoms with Crippen molar-refractivity contribution < 1.29 is 27.8 Å². The molecule has 9 heteroatoms. The smallest absolute Gasteiger partial charge is 0.239 e. The highest BCUT2D eigenvalue weighted by Gasteiger charge is 2.42. The minimum Gasteiger partial charge on any atom is -0.454 e. The van der Waals surface area contributed by atoms with Gasteiger partial charge in [-0.2, -0.15) is 0 Å². The largest absolute Gasteiger partial charge is 0.454 e. The van der Waals surface area contributed by atoms with Gasteiger partial charge in [-0.05, 0) is 47.7 Å². The van der Waals surface area contributed by atoms with Gasteiger partial charge in [0.25, 0.3) is 0 Å². The second-order valence-electron chi connectivity index (χ2n) is 11.1. The first-order valence-electron chi connectivity index (χ1n) is 13.2. The molecular weight excluding hydrogens is 516 g/mol. The van der Waals surface area contributed by atoms with Crippen LogP contribution < -0.4 is 25.0 Å². The van der Waals surface area contributed by atoms with Crippen LogP contribution in [-0.2, 0) is 16.1 Å². The van der Waals surface area contributed by atoms with Gasteiger partial charge in [-0.3, -0.25) is 9.59 Å². The van der Waals surface area contributed by atoms with E-state index in [-0.39, 0.29) is 49.0 Å². The lowest BCUT2D eigenvalue weighted by atomic mass is 9.73. The van der Waals surface area contributed by atoms with Gasteiger partial charge in [0, 0.05) is 35.9 Å². The van der Waals surface area contributed by atoms with E-state index in [0.717, 1.165) is 11.6 Å². The summed E-state index contributed by atoms with van der Waals surface area (Å²) in [5.74, 6) is -0.688. The second-order valence-corrected chi connectivity index (χ2v) is 11.1. The number of carbonyl (C=O) groups is 2. The number of carbonyl (C=O) groups excluding carboxylic acids is 2. The first-order chi connectivity index (χ1) is 19.2. The molecule has 7 nitrogen and oxygen atoms in total. The van der Waals surface area contributed by atoms with Gasteiger partial charge >= 0.3 is 0 Å². The summed E-state index contributed by atoms with van der Waals surface area (Å²) >= 11 is 0. The fourth-order valence-corrected chi connectivity index (χ4v) is 5.74. The van der Waals surface area contributed by atoms with Crippen molar-refractivity contribution in [1.29, 1.82) is 0 Å². The molecule has 2 heterocycles. The zero-order valence-corrected chi connectivity index (χ0v) is 22.2. The Labute approximate surface area is 230 Å². The van der Waals surface area contributed by atoms with Crippen LogP contribution in [0.3, 0.4) is 0 Å². The Balaban J connectivity index is 1.39. The minimum atomic E-state index is -0.938. The van der Waals surface area contributed by atoms with Crippen LogP contribution in [0.15, 0.2) is 71.9 Å². The molecule has 0 spiro atoms. The molecule has 2 N–H and O–H groups in total. The summed E-state index contributed by atoms with van der Waals surface area (Å²) < 4.78 is 40.2. The Hall–Kier alpha value is -4.40. The Morgan fingerprint density at radius 3 is 2.67 bits per heavy atom. The summed E-state index contributed by atoms with van der Waals surface area (Å²) in [6.07, 6.45) is 0.833. The highest BCUT2D eigenvalue weighted by molar-refractivity contribution is 6.01. The molecule has 1 amide bonds. The van der Waals surface area contributed by atoms with Crippen molar-refractivity contribution in [3.63, 3.8) is 0 Å². The van der Waals surface area contributed by atoms with Gasteiger partial charge < -0.3 is 25.0 Å². The van der Waals surface area contributed by atoms with E-state index in [2.05, 4.69) is 10.6 Å². The zero-order chi connectivity index (χ0) is 28.0. The molecule has 6 rings (SSSR count). The van der Waals surface area contributed by atoms with Crippen LogP contribution in [0.1, 0.15) is 43.9 Å². The lowest BCUT2D eigenvalue weighted by Crippen LogP contribution is -2.42. The molecule has 0 radical (unpaired) electrons. The molecule has 0 bridgehead atoms. The Morgan fingerprint density at radius 2 is 1.85 bits per heavy atom. The quantitative estimate of drug-likeness (QED) is 0.433. The molecule has 40 heavy (non-hydrogen) atoms. The van der Waals surface area contributed by atoms with Gasteiger partial charge in [0.05, 0.1) is 24.0 Å². The number of ketones is 1. The van der Waals surface area contributed by atoms with E-state index in [0.29, 0.717) is 40.6 Å². The number of allylic oxidation sites excluding steroid dienone is 1. The molecule has 0 aromatic heterocycles. The maximum Gasteiger partial charge on any atom is 0.239 e. The lowest BCUT2D eigenvalue weighted by Gasteiger charge is -2.38. The maximum atomic E-state index is 15.4. The maximum absolute atomic E-state index is 15.4. The number of anilines is 2. The Kier molecular flexibility index (Phi) is 6.44. The van der Waals surface area contributed by atoms with Crippen molar-refractivity contribution in [2.75, 3.05) is 23.6 Å². The monoisotopic (exact) mass is 545 g/mol. The number of amides is 1. The third-order valence-electron chi connectivity index (χ3n) is 7.50. The molecule has 1 atom stereocenters. The van der Waals surface area contributed by atoms with Crippen LogP contribution >= 0.6 is 0 Å². The summed E-state index contributed by atoms with van der Waals surface area (Å²) in [5.41, 5.74) is 3.07. The minimum absolute atomic E-state index is 0.129. The highest BCUT2D eigenvalue weighted by atomic mass is 19.1. The summed E-state index contributed by atoms with van der Waals surface area (Å²) in [4.78, 5) is 28.8. The molecule has 0 saturated heterocycles. The van der Waals surface area contributed by atoms with E-state index in [1.165, 1.54) is 12.1 Å². The summed E-state index contributed by atoms with van der Waals surface area (Å²) in [6, 6.07) is 15.2. The van der Waals surface area contributed by atoms with Crippen LogP contribution in [0, 0.1) is 17.0 Å². The molecule has 3 aliphatic rings. The van der Waals surface area contributed by atoms with E-state index < -0.39 is 17.7 Å². The Bertz CT molecular complexity index is 1550. The number of nitrogens with one attached hydrogen (secondary N) is 2. The number of para-hydroxylation sites is 2. The van der Waals surface area contributed by atoms with Crippen molar-refractivity contribution in [2.24, 2.45) is 5.41 Å². The number of rotatable bonds is 5. The molecule has 0 fully saturated rings. The van der Waals surface area contributed by atoms with E-state index >= 15 is 4.39 Å². The Morgan fingerprint density at radius 1 is 1.05 bits per heavy atom. The van der Waals surface area contributed by atoms with Crippen LogP contribution in [0.4, 0.5) is 20.2 Å². The van der Waals surface area contributed by atoms with Crippen molar-refractivity contribution in [3.05, 3.63) is 94.7 Å². The number of fused-ring (bicyclic) bond motifs is 2. The normalized spacial score (nSPS) is 18.9. The van der Waals surface area contributed by atoms with Gasteiger partial charge in [-0.15, -0.1) is 0 Å². The predicted molar refractivity (Wildman–Crippen MR) is 146 cm³/mol. The van der Waals surface area contributed by atoms with Crippen LogP contribution in [0.25, 0.3) is 0 Å². The standard InChI is InChI=1S/C31H29F2N3O4/c1-31(2)13-23-29(25(37)14-31)30(20-9-8-19(32)12-21(20)33)36(24-6-4-3-5-22(24)35-23)16-28(38)34-15-18-7-10-26-27(11-18)40-17-39-26/h3-12,30,35H,13-17H2,1-2H3,(H,34,38). The molecule has 206 valence electrons. The SMILES string of the molecule is CC1(C)CC(=O)C2=C(C1)Nc1ccccc1N(CC(=O)NCc1ccc3c(c1)OCO3)C2c1ccc(F)cc1F. The first kappa shape index (κ1) is 25.9. The highest BCUT2D eigenvalue weighted by Crippen LogP contribution is 2.48. The summed E-state index contributed by atoms with van der Waals surface area (Å²) in [6.45, 7) is 4.25. The average Bonchev–Trinajstić information content (AvgIpc) is 3.32. The van der Waals surface area contributed by atoms with Crippen molar-refractivity contribution in [1.82, 2.24) is 5.32 Å². The number of hydrogen-bond acceptors (Lipinski definition) is 6. The predicted octanol–water partition coefficient (Wildman–Crippen LogP) is 5.63. The number of halogens is 2. The van der Waals surface area contributed by atoms with Crippen LogP contribution in [-0.4, -0.2) is 25.0 Å². The average molecular weight is 546 g/mol. The lowest BCUT2D eigenvalue weighted by molar-refractivity contribution is -0.121. The second kappa shape index (κ2) is 9.97. The number of benzene rings is 3. The van der Waals surface area contributed by atoms with Gasteiger partial charge in [0.15, 0.2) is 17.3 Å². The first-order valence-corrected chi connectivity index (χ1v) is 13.2. The van der Waals surface area contributed by atoms with Gasteiger partial charge in [0.1, 0.15) is 11.6 Å². The fraction of sp³-hybridized carbons (Fsp3) is 0.290. The van der Waals surface area contributed by atoms with E-state index in [1.807, 2.05) is 50.2 Å². The molecular formula is C31H29F2N3O4. The third-order valence-corrected chi connectivity index (χ3v) is 7.50. The molecule has 2 aliphatic heterocycles. The van der Waals surface area contributed by atoms with E-state index in [1.54, 1.807) is 11.0 Å². The number of nitrogens with zero attached hydrogens (tertiary/aromatic N) is 1. The zero-order valence-electron chi connectivity index (χ0n) is 22.2. The fourth-order valence-electron chi connectivity index (χ4n) is 5.74. The molecule has 3 aromatic carbocycles. The van der Waals surface area contributed by atoms with Crippen LogP contribution in [0.2, 0.25) is 0 Å². The molecule has 0 saturated carbocycles. The van der Waals surface area contributed by atoms with Gasteiger partial charge in [-0.1, -0.05) is 38.1 Å². The number of hydrogen-bond donors (Lipinski definition) is 2. The topological polar surface area (TPSA) is 79.9 Å².